The van der Waals surface area contributed by atoms with Crippen molar-refractivity contribution < 1.29 is 18.7 Å². The number of anilines is 2. The van der Waals surface area contributed by atoms with Crippen LogP contribution in [0.1, 0.15) is 31.0 Å². The number of carbonyl (C=O) groups excluding carboxylic acids is 1. The van der Waals surface area contributed by atoms with Gasteiger partial charge in [0.05, 0.1) is 17.9 Å². The van der Waals surface area contributed by atoms with Gasteiger partial charge in [-0.1, -0.05) is 42.5 Å². The highest BCUT2D eigenvalue weighted by Gasteiger charge is 2.50. The average molecular weight is 525 g/mol. The molecule has 1 aromatic heterocycles. The van der Waals surface area contributed by atoms with Crippen LogP contribution in [0.2, 0.25) is 18.6 Å². The second-order valence-electron chi connectivity index (χ2n) is 10.4. The molecule has 0 unspecified atom stereocenters. The van der Waals surface area contributed by atoms with Crippen LogP contribution < -0.4 is 4.90 Å². The maximum atomic E-state index is 15.5. The molecule has 2 aromatic carbocycles. The first-order valence-electron chi connectivity index (χ1n) is 13.0. The second kappa shape index (κ2) is 12.1. The van der Waals surface area contributed by atoms with E-state index >= 15 is 4.11 Å². The molecule has 9 heteroatoms. The Balaban J connectivity index is 1.41. The molecule has 1 saturated heterocycles. The number of carbonyl (C=O) groups is 1. The number of para-hydroxylation sites is 1. The average Bonchev–Trinajstić information content (AvgIpc) is 3.46. The fraction of sp³-hybridized carbons (Fsp3) is 0.464. The Hall–Kier alpha value is -2.88. The van der Waals surface area contributed by atoms with Crippen LogP contribution >= 0.6 is 0 Å². The topological polar surface area (TPSA) is 80.5 Å². The van der Waals surface area contributed by atoms with Crippen molar-refractivity contribution in [1.29, 1.82) is 0 Å². The highest BCUT2D eigenvalue weighted by molar-refractivity contribution is 6.72. The fourth-order valence-electron chi connectivity index (χ4n) is 5.62. The lowest BCUT2D eigenvalue weighted by atomic mass is 9.95. The van der Waals surface area contributed by atoms with Crippen LogP contribution in [0.25, 0.3) is 0 Å². The molecule has 0 radical (unpaired) electrons. The first-order chi connectivity index (χ1) is 17.8. The minimum Gasteiger partial charge on any atom is -0.396 e. The largest absolute Gasteiger partial charge is 0.396 e. The van der Waals surface area contributed by atoms with Crippen LogP contribution in [0.15, 0.2) is 60.8 Å². The van der Waals surface area contributed by atoms with E-state index in [0.717, 1.165) is 41.9 Å². The standard InChI is InChI=1S/C28H37FN4O3Si/c1-21-26(13-12-22-8-7-11-25(18-22)33(20-35)24-9-5-4-6-10-24)36-27(28(21)37(2,3)29)14-16-32-19-23(15-17-34)30-31-32/h4-11,18-21,26-28,34H,12-17H2,1-3H3/t21-,26+,27-,28+/m0/s1. The molecule has 3 aromatic rings. The highest BCUT2D eigenvalue weighted by Crippen LogP contribution is 2.47. The van der Waals surface area contributed by atoms with Gasteiger partial charge in [0, 0.05) is 42.7 Å². The fourth-order valence-corrected chi connectivity index (χ4v) is 8.21. The van der Waals surface area contributed by atoms with Crippen molar-refractivity contribution in [3.05, 3.63) is 72.1 Å². The third-order valence-corrected chi connectivity index (χ3v) is 9.82. The number of aliphatic hydroxyl groups excluding tert-OH is 1. The Bertz CT molecular complexity index is 1150. The van der Waals surface area contributed by atoms with Crippen LogP contribution in [-0.4, -0.2) is 53.7 Å². The summed E-state index contributed by atoms with van der Waals surface area (Å²) in [5.41, 5.74) is 3.42. The van der Waals surface area contributed by atoms with E-state index in [9.17, 15) is 4.79 Å². The van der Waals surface area contributed by atoms with E-state index in [-0.39, 0.29) is 30.3 Å². The van der Waals surface area contributed by atoms with E-state index < -0.39 is 8.41 Å². The van der Waals surface area contributed by atoms with Gasteiger partial charge in [0.2, 0.25) is 14.8 Å². The van der Waals surface area contributed by atoms with Gasteiger partial charge in [-0.2, -0.15) is 0 Å². The van der Waals surface area contributed by atoms with Gasteiger partial charge in [-0.3, -0.25) is 14.4 Å². The lowest BCUT2D eigenvalue weighted by Crippen LogP contribution is -2.36. The quantitative estimate of drug-likeness (QED) is 0.203. The first kappa shape index (κ1) is 27.2. The van der Waals surface area contributed by atoms with Crippen molar-refractivity contribution in [2.24, 2.45) is 5.92 Å². The van der Waals surface area contributed by atoms with Crippen LogP contribution in [0.3, 0.4) is 0 Å². The van der Waals surface area contributed by atoms with Crippen molar-refractivity contribution in [1.82, 2.24) is 15.0 Å². The number of hydrogen-bond acceptors (Lipinski definition) is 5. The Morgan fingerprint density at radius 2 is 1.84 bits per heavy atom. The summed E-state index contributed by atoms with van der Waals surface area (Å²) in [6, 6.07) is 17.6. The summed E-state index contributed by atoms with van der Waals surface area (Å²) in [6.45, 7) is 6.33. The molecule has 1 aliphatic rings. The molecular weight excluding hydrogens is 487 g/mol. The molecule has 37 heavy (non-hydrogen) atoms. The first-order valence-corrected chi connectivity index (χ1v) is 16.0. The van der Waals surface area contributed by atoms with Gasteiger partial charge in [-0.15, -0.1) is 5.10 Å². The van der Waals surface area contributed by atoms with Gasteiger partial charge in [-0.25, -0.2) is 0 Å². The maximum Gasteiger partial charge on any atom is 0.246 e. The zero-order valence-electron chi connectivity index (χ0n) is 21.8. The molecule has 4 rings (SSSR count). The Morgan fingerprint density at radius 3 is 2.54 bits per heavy atom. The second-order valence-corrected chi connectivity index (χ2v) is 14.2. The summed E-state index contributed by atoms with van der Waals surface area (Å²) in [5.74, 6) is 0.122. The summed E-state index contributed by atoms with van der Waals surface area (Å²) >= 11 is 0. The number of aromatic nitrogens is 3. The number of benzene rings is 2. The van der Waals surface area contributed by atoms with E-state index in [1.54, 1.807) is 22.7 Å². The zero-order chi connectivity index (χ0) is 26.4. The van der Waals surface area contributed by atoms with Gasteiger partial charge in [0.25, 0.3) is 0 Å². The molecule has 0 saturated carbocycles. The van der Waals surface area contributed by atoms with Crippen LogP contribution in [-0.2, 0) is 28.9 Å². The number of hydrogen-bond donors (Lipinski definition) is 1. The number of ether oxygens (including phenoxy) is 1. The molecule has 4 atom stereocenters. The van der Waals surface area contributed by atoms with Crippen molar-refractivity contribution in [3.63, 3.8) is 0 Å². The number of rotatable bonds is 12. The smallest absolute Gasteiger partial charge is 0.246 e. The third kappa shape index (κ3) is 6.71. The van der Waals surface area contributed by atoms with Gasteiger partial charge in [0.15, 0.2) is 0 Å². The molecule has 2 heterocycles. The lowest BCUT2D eigenvalue weighted by Gasteiger charge is -2.28. The van der Waals surface area contributed by atoms with E-state index in [0.29, 0.717) is 19.4 Å². The molecule has 1 N–H and O–H groups in total. The molecule has 1 fully saturated rings. The normalized spacial score (nSPS) is 21.8. The monoisotopic (exact) mass is 524 g/mol. The molecule has 1 amide bonds. The molecular formula is C28H37FN4O3Si. The summed E-state index contributed by atoms with van der Waals surface area (Å²) in [7, 11) is -2.96. The van der Waals surface area contributed by atoms with Gasteiger partial charge < -0.3 is 14.0 Å². The Morgan fingerprint density at radius 1 is 1.08 bits per heavy atom. The summed E-state index contributed by atoms with van der Waals surface area (Å²) in [6.07, 6.45) is 5.21. The number of amides is 1. The molecule has 0 spiro atoms. The van der Waals surface area contributed by atoms with Crippen molar-refractivity contribution in [2.75, 3.05) is 11.5 Å². The van der Waals surface area contributed by atoms with Gasteiger partial charge >= 0.3 is 0 Å². The Labute approximate surface area is 219 Å². The zero-order valence-corrected chi connectivity index (χ0v) is 22.8. The SMILES string of the molecule is C[C@@H]1[C@@H]([Si](C)(C)F)[C@H](CCn2cc(CCO)nn2)O[C@@H]1CCc1cccc(N(C=O)c2ccccc2)c1. The molecule has 0 bridgehead atoms. The molecule has 0 aliphatic carbocycles. The third-order valence-electron chi connectivity index (χ3n) is 7.34. The predicted octanol–water partition coefficient (Wildman–Crippen LogP) is 5.08. The van der Waals surface area contributed by atoms with Crippen molar-refractivity contribution >= 4 is 26.2 Å². The van der Waals surface area contributed by atoms with E-state index in [1.165, 1.54) is 0 Å². The number of aryl methyl sites for hydroxylation is 2. The van der Waals surface area contributed by atoms with Crippen LogP contribution in [0, 0.1) is 5.92 Å². The molecule has 198 valence electrons. The van der Waals surface area contributed by atoms with E-state index in [4.69, 9.17) is 9.84 Å². The van der Waals surface area contributed by atoms with Crippen molar-refractivity contribution in [3.8, 4) is 0 Å². The minimum absolute atomic E-state index is 0.0295. The number of nitrogens with zero attached hydrogens (tertiary/aromatic N) is 4. The van der Waals surface area contributed by atoms with Gasteiger partial charge in [0.1, 0.15) is 0 Å². The maximum absolute atomic E-state index is 15.5. The van der Waals surface area contributed by atoms with Crippen LogP contribution in [0.5, 0.6) is 0 Å². The molecule has 7 nitrogen and oxygen atoms in total. The molecule has 1 aliphatic heterocycles. The summed E-state index contributed by atoms with van der Waals surface area (Å²) in [4.78, 5) is 13.5. The Kier molecular flexibility index (Phi) is 8.89. The minimum atomic E-state index is -2.96. The highest BCUT2D eigenvalue weighted by atomic mass is 28.4. The van der Waals surface area contributed by atoms with Crippen LogP contribution in [0.4, 0.5) is 15.5 Å². The predicted molar refractivity (Wildman–Crippen MR) is 145 cm³/mol. The van der Waals surface area contributed by atoms with E-state index in [2.05, 4.69) is 23.3 Å². The summed E-state index contributed by atoms with van der Waals surface area (Å²) < 4.78 is 23.7. The van der Waals surface area contributed by atoms with E-state index in [1.807, 2.05) is 54.7 Å². The lowest BCUT2D eigenvalue weighted by molar-refractivity contribution is -0.106. The van der Waals surface area contributed by atoms with Gasteiger partial charge in [-0.05, 0) is 68.1 Å². The van der Waals surface area contributed by atoms with Crippen molar-refractivity contribution in [2.45, 2.75) is 70.0 Å². The number of aliphatic hydroxyl groups is 1. The summed E-state index contributed by atoms with van der Waals surface area (Å²) in [5, 5.41) is 17.3. The number of halogens is 1.